The van der Waals surface area contributed by atoms with Gasteiger partial charge in [0.25, 0.3) is 0 Å². The Hall–Kier alpha value is -12.3. The number of rotatable bonds is 10. The maximum Gasteiger partial charge on any atom is 0.0896 e. The number of hydrogen-bond acceptors (Lipinski definition) is 9. The van der Waals surface area contributed by atoms with E-state index in [1.165, 1.54) is 44.5 Å². The fourth-order valence-corrected chi connectivity index (χ4v) is 10.6. The lowest BCUT2D eigenvalue weighted by Crippen LogP contribution is -1.91. The second-order valence-electron chi connectivity index (χ2n) is 22.6. The summed E-state index contributed by atoms with van der Waals surface area (Å²) in [5.74, 6) is 0. The lowest BCUT2D eigenvalue weighted by molar-refractivity contribution is 1.18. The molecule has 9 aromatic heterocycles. The van der Waals surface area contributed by atoms with Crippen LogP contribution < -0.4 is 0 Å². The summed E-state index contributed by atoms with van der Waals surface area (Å²) in [6, 6.07) is 103. The number of hydrogen-bond donors (Lipinski definition) is 0. The van der Waals surface area contributed by atoms with Gasteiger partial charge in [0.1, 0.15) is 0 Å². The number of pyridine rings is 9. The molecule has 9 heteroatoms. The zero-order chi connectivity index (χ0) is 65.4. The third kappa shape index (κ3) is 18.4. The molecule has 0 aliphatic heterocycles. The minimum Gasteiger partial charge on any atom is -0.265 e. The van der Waals surface area contributed by atoms with E-state index in [1.54, 1.807) is 31.0 Å². The van der Waals surface area contributed by atoms with Gasteiger partial charge in [-0.1, -0.05) is 194 Å². The fourth-order valence-electron chi connectivity index (χ4n) is 10.6. The summed E-state index contributed by atoms with van der Waals surface area (Å²) in [6.07, 6.45) is 10.8. The summed E-state index contributed by atoms with van der Waals surface area (Å²) in [5.41, 5.74) is 26.8. The smallest absolute Gasteiger partial charge is 0.0896 e. The first-order chi connectivity index (χ1) is 46.6. The van der Waals surface area contributed by atoms with E-state index in [2.05, 4.69) is 206 Å². The largest absolute Gasteiger partial charge is 0.265 e. The summed E-state index contributed by atoms with van der Waals surface area (Å²) in [6.45, 7) is 10.3. The highest BCUT2D eigenvalue weighted by molar-refractivity contribution is 5.74. The predicted molar refractivity (Wildman–Crippen MR) is 390 cm³/mol. The topological polar surface area (TPSA) is 116 Å². The molecule has 0 amide bonds. The Morgan fingerprint density at radius 2 is 0.474 bits per heavy atom. The molecule has 0 atom stereocenters. The van der Waals surface area contributed by atoms with E-state index in [0.29, 0.717) is 0 Å². The molecule has 0 N–H and O–H groups in total. The highest BCUT2D eigenvalue weighted by Gasteiger charge is 2.11. The molecule has 6 aromatic carbocycles. The fraction of sp³-hybridized carbons (Fsp3) is 0.0581. The molecule has 460 valence electrons. The quantitative estimate of drug-likeness (QED) is 0.132. The van der Waals surface area contributed by atoms with Crippen molar-refractivity contribution in [2.45, 2.75) is 34.6 Å². The van der Waals surface area contributed by atoms with E-state index in [0.717, 1.165) is 96.1 Å². The summed E-state index contributed by atoms with van der Waals surface area (Å²) in [4.78, 5) is 40.2. The molecule has 95 heavy (non-hydrogen) atoms. The van der Waals surface area contributed by atoms with Crippen LogP contribution in [0, 0.1) is 34.6 Å². The van der Waals surface area contributed by atoms with Crippen LogP contribution in [0.1, 0.15) is 28.2 Å². The third-order valence-corrected chi connectivity index (χ3v) is 15.1. The van der Waals surface area contributed by atoms with Crippen LogP contribution in [-0.2, 0) is 0 Å². The van der Waals surface area contributed by atoms with Crippen LogP contribution in [-0.4, -0.2) is 44.9 Å². The van der Waals surface area contributed by atoms with Crippen LogP contribution in [0.4, 0.5) is 0 Å². The van der Waals surface area contributed by atoms with Gasteiger partial charge in [-0.05, 0) is 188 Å². The zero-order valence-electron chi connectivity index (χ0n) is 53.9. The molecule has 9 nitrogen and oxygen atoms in total. The minimum absolute atomic E-state index is 0.906. The Labute approximate surface area is 557 Å². The first-order valence-corrected chi connectivity index (χ1v) is 31.5. The second-order valence-corrected chi connectivity index (χ2v) is 22.6. The van der Waals surface area contributed by atoms with E-state index in [-0.39, 0.29) is 0 Å². The van der Waals surface area contributed by atoms with Crippen LogP contribution in [0.3, 0.4) is 0 Å². The van der Waals surface area contributed by atoms with Crippen molar-refractivity contribution in [1.82, 2.24) is 44.9 Å². The molecular weight excluding hydrogens is 1160 g/mol. The van der Waals surface area contributed by atoms with E-state index < -0.39 is 0 Å². The van der Waals surface area contributed by atoms with Gasteiger partial charge in [0.05, 0.1) is 51.2 Å². The average Bonchev–Trinajstić information content (AvgIpc) is 1.37. The molecule has 0 saturated carbocycles. The van der Waals surface area contributed by atoms with Gasteiger partial charge in [-0.25, -0.2) is 9.97 Å². The van der Waals surface area contributed by atoms with Gasteiger partial charge in [0.2, 0.25) is 0 Å². The van der Waals surface area contributed by atoms with Crippen molar-refractivity contribution in [2.75, 3.05) is 0 Å². The molecule has 0 saturated heterocycles. The normalized spacial score (nSPS) is 10.4. The maximum atomic E-state index is 4.77. The lowest BCUT2D eigenvalue weighted by Gasteiger charge is -2.07. The van der Waals surface area contributed by atoms with Crippen LogP contribution in [0.15, 0.2) is 340 Å². The molecule has 0 aliphatic rings. The summed E-state index contributed by atoms with van der Waals surface area (Å²) in [7, 11) is 0. The monoisotopic (exact) mass is 1230 g/mol. The van der Waals surface area contributed by atoms with E-state index in [1.807, 2.05) is 173 Å². The van der Waals surface area contributed by atoms with Crippen LogP contribution in [0.2, 0.25) is 0 Å². The van der Waals surface area contributed by atoms with Gasteiger partial charge >= 0.3 is 0 Å². The molecule has 15 aromatic rings. The van der Waals surface area contributed by atoms with Gasteiger partial charge in [-0.3, -0.25) is 34.9 Å². The third-order valence-electron chi connectivity index (χ3n) is 15.1. The molecule has 0 aliphatic carbocycles. The molecule has 0 spiro atoms. The van der Waals surface area contributed by atoms with Crippen molar-refractivity contribution < 1.29 is 0 Å². The van der Waals surface area contributed by atoms with Crippen LogP contribution >= 0.6 is 0 Å². The second kappa shape index (κ2) is 32.6. The summed E-state index contributed by atoms with van der Waals surface area (Å²) < 4.78 is 0. The van der Waals surface area contributed by atoms with E-state index in [9.17, 15) is 0 Å². The Morgan fingerprint density at radius 3 is 0.842 bits per heavy atom. The zero-order valence-corrected chi connectivity index (χ0v) is 53.9. The summed E-state index contributed by atoms with van der Waals surface area (Å²) in [5, 5.41) is 0. The van der Waals surface area contributed by atoms with E-state index in [4.69, 9.17) is 9.97 Å². The van der Waals surface area contributed by atoms with Crippen LogP contribution in [0.5, 0.6) is 0 Å². The Bertz CT molecular complexity index is 3810. The molecule has 0 fully saturated rings. The standard InChI is InChI=1S/C18H15N.4C17H14N2/c1-14-12-17(15-8-4-2-5-9-15)19-18(13-14)16-10-6-3-7-11-16;1-13-11-15(14-7-3-2-4-8-14)12-17(19-13)16-9-5-6-10-18-16;1-13-11-16(14-7-3-2-4-8-14)19-17(12-13)15-9-5-6-10-18-15;1-13-10-16(14-6-3-2-4-7-14)11-17(19-13)15-8-5-9-18-12-15;1-13-11-16(14-5-3-2-4-6-14)12-17(19-13)15-7-9-18-10-8-15/h2-13H,1H3;4*2-12H,1H3. The Kier molecular flexibility index (Phi) is 22.0. The Balaban J connectivity index is 0.000000121. The van der Waals surface area contributed by atoms with E-state index >= 15 is 0 Å². The highest BCUT2D eigenvalue weighted by atomic mass is 14.8. The number of aryl methyl sites for hydroxylation is 5. The maximum absolute atomic E-state index is 4.77. The van der Waals surface area contributed by atoms with Gasteiger partial charge in [0.15, 0.2) is 0 Å². The lowest BCUT2D eigenvalue weighted by atomic mass is 10.0. The van der Waals surface area contributed by atoms with Crippen molar-refractivity contribution in [3.05, 3.63) is 369 Å². The average molecular weight is 1230 g/mol. The molecular formula is C86H71N9. The Morgan fingerprint density at radius 1 is 0.179 bits per heavy atom. The minimum atomic E-state index is 0.906. The molecule has 0 bridgehead atoms. The first kappa shape index (κ1) is 64.2. The SMILES string of the molecule is Cc1cc(-c2ccccc2)cc(-c2ccccn2)n1.Cc1cc(-c2ccccc2)cc(-c2cccnc2)n1.Cc1cc(-c2ccccc2)cc(-c2ccncc2)n1.Cc1cc(-c2ccccc2)nc(-c2ccccc2)c1.Cc1cc(-c2ccccc2)nc(-c2ccccn2)c1. The van der Waals surface area contributed by atoms with Crippen LogP contribution in [0.25, 0.3) is 112 Å². The summed E-state index contributed by atoms with van der Waals surface area (Å²) >= 11 is 0. The molecule has 15 rings (SSSR count). The van der Waals surface area contributed by atoms with Gasteiger partial charge in [-0.2, -0.15) is 0 Å². The number of nitrogens with zero attached hydrogens (tertiary/aromatic N) is 9. The van der Waals surface area contributed by atoms with Gasteiger partial charge in [0, 0.05) is 82.1 Å². The number of benzene rings is 6. The van der Waals surface area contributed by atoms with Gasteiger partial charge < -0.3 is 0 Å². The molecule has 0 unspecified atom stereocenters. The number of aromatic nitrogens is 9. The van der Waals surface area contributed by atoms with Crippen molar-refractivity contribution >= 4 is 0 Å². The first-order valence-electron chi connectivity index (χ1n) is 31.5. The highest BCUT2D eigenvalue weighted by Crippen LogP contribution is 2.30. The predicted octanol–water partition coefficient (Wildman–Crippen LogP) is 21.2. The van der Waals surface area contributed by atoms with Crippen molar-refractivity contribution in [1.29, 1.82) is 0 Å². The molecule has 0 radical (unpaired) electrons. The van der Waals surface area contributed by atoms with Crippen molar-refractivity contribution in [3.63, 3.8) is 0 Å². The van der Waals surface area contributed by atoms with Crippen molar-refractivity contribution in [2.24, 2.45) is 0 Å². The molecule has 9 heterocycles. The van der Waals surface area contributed by atoms with Crippen molar-refractivity contribution in [3.8, 4) is 112 Å². The van der Waals surface area contributed by atoms with Gasteiger partial charge in [-0.15, -0.1) is 0 Å².